The molecule has 1 aliphatic rings. The Bertz CT molecular complexity index is 412. The lowest BCUT2D eigenvalue weighted by Gasteiger charge is -2.12. The molecule has 1 aromatic rings. The van der Waals surface area contributed by atoms with E-state index >= 15 is 0 Å². The summed E-state index contributed by atoms with van der Waals surface area (Å²) in [6, 6.07) is 3.00. The first-order valence-electron chi connectivity index (χ1n) is 5.04. The van der Waals surface area contributed by atoms with Gasteiger partial charge in [0.15, 0.2) is 0 Å². The Morgan fingerprint density at radius 2 is 2.27 bits per heavy atom. The maximum atomic E-state index is 13.2. The molecule has 1 unspecified atom stereocenters. The van der Waals surface area contributed by atoms with Crippen molar-refractivity contribution in [3.05, 3.63) is 34.6 Å². The van der Waals surface area contributed by atoms with Crippen LogP contribution in [0.5, 0.6) is 0 Å². The van der Waals surface area contributed by atoms with Crippen LogP contribution in [0.4, 0.5) is 4.39 Å². The molecule has 2 nitrogen and oxygen atoms in total. The van der Waals surface area contributed by atoms with Crippen LogP contribution in [0.1, 0.15) is 36.1 Å². The van der Waals surface area contributed by atoms with Gasteiger partial charge >= 0.3 is 5.97 Å². The molecule has 0 aliphatic heterocycles. The molecular weight excluding hydrogens is 195 g/mol. The zero-order chi connectivity index (χ0) is 11.0. The van der Waals surface area contributed by atoms with Gasteiger partial charge in [0.05, 0.1) is 0 Å². The minimum atomic E-state index is -0.310. The summed E-state index contributed by atoms with van der Waals surface area (Å²) in [4.78, 5) is 10.9. The van der Waals surface area contributed by atoms with E-state index in [1.54, 1.807) is 0 Å². The number of carbonyl (C=O) groups is 1. The van der Waals surface area contributed by atoms with Crippen molar-refractivity contribution in [3.63, 3.8) is 0 Å². The van der Waals surface area contributed by atoms with Crippen molar-refractivity contribution < 1.29 is 13.9 Å². The maximum Gasteiger partial charge on any atom is 0.303 e. The van der Waals surface area contributed by atoms with E-state index in [9.17, 15) is 9.18 Å². The van der Waals surface area contributed by atoms with Gasteiger partial charge in [-0.15, -0.1) is 0 Å². The number of carbonyl (C=O) groups excluding carboxylic acids is 1. The Balaban J connectivity index is 2.37. The molecule has 1 atom stereocenters. The van der Waals surface area contributed by atoms with Crippen LogP contribution in [-0.4, -0.2) is 5.97 Å². The second-order valence-corrected chi connectivity index (χ2v) is 3.93. The molecule has 1 aromatic carbocycles. The number of hydrogen-bond donors (Lipinski definition) is 0. The predicted molar refractivity (Wildman–Crippen MR) is 54.0 cm³/mol. The molecule has 0 heterocycles. The van der Waals surface area contributed by atoms with Gasteiger partial charge in [-0.25, -0.2) is 4.39 Å². The predicted octanol–water partition coefficient (Wildman–Crippen LogP) is 2.68. The first kappa shape index (κ1) is 10.1. The summed E-state index contributed by atoms with van der Waals surface area (Å²) in [6.45, 7) is 3.27. The minimum Gasteiger partial charge on any atom is -0.458 e. The summed E-state index contributed by atoms with van der Waals surface area (Å²) in [6.07, 6.45) is 1.37. The second kappa shape index (κ2) is 3.65. The van der Waals surface area contributed by atoms with E-state index in [1.807, 2.05) is 6.92 Å². The highest BCUT2D eigenvalue weighted by molar-refractivity contribution is 5.66. The molecule has 15 heavy (non-hydrogen) atoms. The average Bonchev–Trinajstić information content (AvgIpc) is 2.48. The van der Waals surface area contributed by atoms with Crippen LogP contribution in [0.25, 0.3) is 0 Å². The van der Waals surface area contributed by atoms with Gasteiger partial charge in [0.1, 0.15) is 11.9 Å². The summed E-state index contributed by atoms with van der Waals surface area (Å²) < 4.78 is 18.3. The molecule has 1 aliphatic carbocycles. The van der Waals surface area contributed by atoms with Crippen molar-refractivity contribution in [1.29, 1.82) is 0 Å². The molecule has 0 amide bonds. The molecule has 0 spiro atoms. The van der Waals surface area contributed by atoms with E-state index in [1.165, 1.54) is 19.1 Å². The Morgan fingerprint density at radius 1 is 1.53 bits per heavy atom. The second-order valence-electron chi connectivity index (χ2n) is 3.93. The highest BCUT2D eigenvalue weighted by Gasteiger charge is 2.26. The SMILES string of the molecule is CC(=O)OC1CCc2c(C)cc(F)cc21. The number of esters is 1. The molecular formula is C12H13FO2. The monoisotopic (exact) mass is 208 g/mol. The molecule has 2 rings (SSSR count). The van der Waals surface area contributed by atoms with Crippen molar-refractivity contribution in [3.8, 4) is 0 Å². The topological polar surface area (TPSA) is 26.3 Å². The van der Waals surface area contributed by atoms with Crippen molar-refractivity contribution in [2.24, 2.45) is 0 Å². The van der Waals surface area contributed by atoms with E-state index < -0.39 is 0 Å². The van der Waals surface area contributed by atoms with Crippen LogP contribution in [0.3, 0.4) is 0 Å². The standard InChI is InChI=1S/C12H13FO2/c1-7-5-9(13)6-11-10(7)3-4-12(11)15-8(2)14/h5-6,12H,3-4H2,1-2H3. The highest BCUT2D eigenvalue weighted by atomic mass is 19.1. The number of halogens is 1. The van der Waals surface area contributed by atoms with E-state index in [4.69, 9.17) is 4.74 Å². The first-order valence-corrected chi connectivity index (χ1v) is 5.04. The van der Waals surface area contributed by atoms with Crippen molar-refractivity contribution >= 4 is 5.97 Å². The highest BCUT2D eigenvalue weighted by Crippen LogP contribution is 2.36. The van der Waals surface area contributed by atoms with E-state index in [2.05, 4.69) is 0 Å². The first-order chi connectivity index (χ1) is 7.08. The maximum absolute atomic E-state index is 13.2. The molecule has 0 radical (unpaired) electrons. The van der Waals surface area contributed by atoms with Crippen LogP contribution < -0.4 is 0 Å². The Hall–Kier alpha value is -1.38. The zero-order valence-corrected chi connectivity index (χ0v) is 8.84. The molecule has 0 saturated carbocycles. The minimum absolute atomic E-state index is 0.258. The number of ether oxygens (including phenoxy) is 1. The summed E-state index contributed by atoms with van der Waals surface area (Å²) in [5, 5.41) is 0. The number of aryl methyl sites for hydroxylation is 1. The van der Waals surface area contributed by atoms with Gasteiger partial charge < -0.3 is 4.74 Å². The van der Waals surface area contributed by atoms with E-state index in [-0.39, 0.29) is 17.9 Å². The molecule has 0 bridgehead atoms. The van der Waals surface area contributed by atoms with Crippen LogP contribution in [0.15, 0.2) is 12.1 Å². The van der Waals surface area contributed by atoms with Crippen LogP contribution >= 0.6 is 0 Å². The fourth-order valence-electron chi connectivity index (χ4n) is 2.18. The van der Waals surface area contributed by atoms with Gasteiger partial charge in [0, 0.05) is 6.92 Å². The molecule has 0 N–H and O–H groups in total. The Kier molecular flexibility index (Phi) is 2.47. The summed E-state index contributed by atoms with van der Waals surface area (Å²) in [5.41, 5.74) is 2.91. The van der Waals surface area contributed by atoms with Crippen molar-refractivity contribution in [2.45, 2.75) is 32.8 Å². The summed E-state index contributed by atoms with van der Waals surface area (Å²) in [5.74, 6) is -0.569. The number of benzene rings is 1. The number of hydrogen-bond acceptors (Lipinski definition) is 2. The quantitative estimate of drug-likeness (QED) is 0.663. The van der Waals surface area contributed by atoms with Gasteiger partial charge in [0.25, 0.3) is 0 Å². The van der Waals surface area contributed by atoms with Crippen molar-refractivity contribution in [2.75, 3.05) is 0 Å². The molecule has 3 heteroatoms. The molecule has 0 fully saturated rings. The van der Waals surface area contributed by atoms with Crippen LogP contribution in [-0.2, 0) is 16.0 Å². The summed E-state index contributed by atoms with van der Waals surface area (Å²) >= 11 is 0. The summed E-state index contributed by atoms with van der Waals surface area (Å²) in [7, 11) is 0. The fourth-order valence-corrected chi connectivity index (χ4v) is 2.18. The molecule has 0 saturated heterocycles. The van der Waals surface area contributed by atoms with Gasteiger partial charge in [-0.1, -0.05) is 0 Å². The van der Waals surface area contributed by atoms with E-state index in [0.29, 0.717) is 0 Å². The zero-order valence-electron chi connectivity index (χ0n) is 8.84. The van der Waals surface area contributed by atoms with Crippen molar-refractivity contribution in [1.82, 2.24) is 0 Å². The Labute approximate surface area is 88.1 Å². The number of rotatable bonds is 1. The van der Waals surface area contributed by atoms with Crippen LogP contribution in [0, 0.1) is 12.7 Å². The smallest absolute Gasteiger partial charge is 0.303 e. The van der Waals surface area contributed by atoms with Gasteiger partial charge in [0.2, 0.25) is 0 Å². The third-order valence-electron chi connectivity index (χ3n) is 2.78. The largest absolute Gasteiger partial charge is 0.458 e. The van der Waals surface area contributed by atoms with E-state index in [0.717, 1.165) is 29.5 Å². The molecule has 80 valence electrons. The van der Waals surface area contributed by atoms with Gasteiger partial charge in [-0.3, -0.25) is 4.79 Å². The lowest BCUT2D eigenvalue weighted by atomic mass is 10.0. The third-order valence-corrected chi connectivity index (χ3v) is 2.78. The van der Waals surface area contributed by atoms with Gasteiger partial charge in [-0.05, 0) is 48.6 Å². The van der Waals surface area contributed by atoms with Crippen LogP contribution in [0.2, 0.25) is 0 Å². The Morgan fingerprint density at radius 3 is 2.93 bits per heavy atom. The lowest BCUT2D eigenvalue weighted by molar-refractivity contribution is -0.146. The average molecular weight is 208 g/mol. The normalized spacial score (nSPS) is 18.7. The van der Waals surface area contributed by atoms with Gasteiger partial charge in [-0.2, -0.15) is 0 Å². The number of fused-ring (bicyclic) bond motifs is 1. The fraction of sp³-hybridized carbons (Fsp3) is 0.417. The molecule has 0 aromatic heterocycles. The third kappa shape index (κ3) is 1.87. The lowest BCUT2D eigenvalue weighted by Crippen LogP contribution is -2.05.